The van der Waals surface area contributed by atoms with Crippen LogP contribution in [0.4, 0.5) is 0 Å². The van der Waals surface area contributed by atoms with Crippen LogP contribution in [0.15, 0.2) is 340 Å². The van der Waals surface area contributed by atoms with Gasteiger partial charge >= 0.3 is 0 Å². The molecule has 0 atom stereocenters. The number of para-hydroxylation sites is 2. The average molecular weight is 1230 g/mol. The van der Waals surface area contributed by atoms with E-state index in [2.05, 4.69) is 377 Å². The summed E-state index contributed by atoms with van der Waals surface area (Å²) in [5, 5.41) is 15.4. The monoisotopic (exact) mass is 1230 g/mol. The molecule has 0 unspecified atom stereocenters. The van der Waals surface area contributed by atoms with E-state index in [0.717, 1.165) is 6.54 Å². The van der Waals surface area contributed by atoms with Crippen LogP contribution in [-0.2, 0) is 12.1 Å². The lowest BCUT2D eigenvalue weighted by atomic mass is 9.84. The Morgan fingerprint density at radius 1 is 0.198 bits per heavy atom. The third kappa shape index (κ3) is 10.0. The fourth-order valence-corrected chi connectivity index (χ4v) is 15.6. The number of aromatic nitrogens is 2. The van der Waals surface area contributed by atoms with E-state index in [1.165, 1.54) is 176 Å². The lowest BCUT2D eigenvalue weighted by Crippen LogP contribution is -2.21. The summed E-state index contributed by atoms with van der Waals surface area (Å²) >= 11 is 0. The first-order valence-electron chi connectivity index (χ1n) is 33.7. The van der Waals surface area contributed by atoms with Gasteiger partial charge in [0.05, 0.1) is 0 Å². The van der Waals surface area contributed by atoms with Gasteiger partial charge in [-0.05, 0) is 214 Å². The van der Waals surface area contributed by atoms with Crippen molar-refractivity contribution in [2.45, 2.75) is 39.8 Å². The summed E-state index contributed by atoms with van der Waals surface area (Å²) in [4.78, 5) is 0. The fraction of sp³-hybridized carbons (Fsp3) is 0.0638. The van der Waals surface area contributed by atoms with Gasteiger partial charge in [-0.2, -0.15) is 0 Å². The maximum atomic E-state index is 2.47. The van der Waals surface area contributed by atoms with Crippen molar-refractivity contribution >= 4 is 86.7 Å². The minimum Gasteiger partial charge on any atom is -0.341 e. The fourth-order valence-electron chi connectivity index (χ4n) is 15.6. The predicted octanol–water partition coefficient (Wildman–Crippen LogP) is 26.3. The van der Waals surface area contributed by atoms with Crippen molar-refractivity contribution in [1.82, 2.24) is 9.13 Å². The Morgan fingerprint density at radius 2 is 0.448 bits per heavy atom. The van der Waals surface area contributed by atoms with Crippen LogP contribution in [-0.4, -0.2) is 9.13 Å². The molecule has 2 aromatic heterocycles. The molecule has 0 aliphatic carbocycles. The number of benzene rings is 16. The molecule has 16 aromatic carbocycles. The van der Waals surface area contributed by atoms with Gasteiger partial charge in [-0.3, -0.25) is 0 Å². The normalized spacial score (nSPS) is 11.8. The quantitative estimate of drug-likeness (QED) is 0.128. The van der Waals surface area contributed by atoms with Crippen LogP contribution in [0.5, 0.6) is 0 Å². The largest absolute Gasteiger partial charge is 0.341 e. The van der Waals surface area contributed by atoms with Crippen molar-refractivity contribution in [3.05, 3.63) is 340 Å². The molecule has 0 amide bonds. The highest BCUT2D eigenvalue weighted by molar-refractivity contribution is 6.23. The first-order valence-corrected chi connectivity index (χ1v) is 33.7. The Bertz CT molecular complexity index is 5810. The number of aryl methyl sites for hydroxylation is 1. The number of hydrogen-bond donors (Lipinski definition) is 0. The minimum absolute atomic E-state index is 0.00781. The third-order valence-electron chi connectivity index (χ3n) is 19.8. The van der Waals surface area contributed by atoms with Gasteiger partial charge in [0, 0.05) is 55.7 Å². The summed E-state index contributed by atoms with van der Waals surface area (Å²) < 4.78 is 4.89. The van der Waals surface area contributed by atoms with Gasteiger partial charge in [0.15, 0.2) is 0 Å². The molecule has 0 aliphatic heterocycles. The van der Waals surface area contributed by atoms with Crippen LogP contribution in [0.25, 0.3) is 176 Å². The van der Waals surface area contributed by atoms with Crippen LogP contribution >= 0.6 is 0 Å². The Hall–Kier alpha value is -11.8. The lowest BCUT2D eigenvalue weighted by Gasteiger charge is -2.24. The zero-order valence-electron chi connectivity index (χ0n) is 54.4. The molecule has 2 nitrogen and oxygen atoms in total. The first kappa shape index (κ1) is 58.0. The molecule has 0 saturated carbocycles. The summed E-state index contributed by atoms with van der Waals surface area (Å²) in [5.74, 6) is 0. The van der Waals surface area contributed by atoms with Gasteiger partial charge in [-0.1, -0.05) is 285 Å². The molecule has 2 heterocycles. The average Bonchev–Trinajstić information content (AvgIpc) is 1.49. The first-order chi connectivity index (χ1) is 47.2. The van der Waals surface area contributed by atoms with Crippen LogP contribution in [0, 0.1) is 0 Å². The molecule has 0 fully saturated rings. The highest BCUT2D eigenvalue weighted by Crippen LogP contribution is 2.48. The van der Waals surface area contributed by atoms with Crippen molar-refractivity contribution in [1.29, 1.82) is 0 Å². The Morgan fingerprint density at radius 3 is 0.844 bits per heavy atom. The molecule has 0 N–H and O–H groups in total. The molecule has 456 valence electrons. The van der Waals surface area contributed by atoms with Gasteiger partial charge in [0.2, 0.25) is 0 Å². The van der Waals surface area contributed by atoms with Crippen LogP contribution in [0.2, 0.25) is 0 Å². The van der Waals surface area contributed by atoms with Crippen molar-refractivity contribution in [3.8, 4) is 89.0 Å². The maximum Gasteiger partial charge on any atom is 0.0496 e. The lowest BCUT2D eigenvalue weighted by molar-refractivity contribution is 0.423. The number of nitrogens with zero attached hydrogens (tertiary/aromatic N) is 2. The Labute approximate surface area is 560 Å². The van der Waals surface area contributed by atoms with E-state index in [4.69, 9.17) is 0 Å². The minimum atomic E-state index is -0.00781. The Balaban J connectivity index is 0.000000148. The van der Waals surface area contributed by atoms with Crippen molar-refractivity contribution in [3.63, 3.8) is 0 Å². The highest BCUT2D eigenvalue weighted by atomic mass is 15.0. The Kier molecular flexibility index (Phi) is 14.5. The zero-order valence-corrected chi connectivity index (χ0v) is 54.4. The molecule has 0 aliphatic rings. The molecule has 0 spiro atoms. The van der Waals surface area contributed by atoms with E-state index in [-0.39, 0.29) is 5.54 Å². The van der Waals surface area contributed by atoms with Crippen LogP contribution < -0.4 is 0 Å². The smallest absolute Gasteiger partial charge is 0.0496 e. The SMILES string of the molecule is CC(C)(C)n1c2ccccc2c2cc(-c3ccc(-c4c5ccccc5c(-c5ccccc5)c5ccccc45)cc3)ccc21.CCn1c2ccccc2c2cc(-c3ccc(-c4c5ccccc5c(-c5cc(-c6ccccc6)cc(-c6ccccc6)c5)c5ccccc45)cc3)ccc21. The molecule has 18 rings (SSSR count). The van der Waals surface area contributed by atoms with E-state index in [1.54, 1.807) is 0 Å². The molecule has 0 bridgehead atoms. The number of hydrogen-bond acceptors (Lipinski definition) is 0. The second-order valence-corrected chi connectivity index (χ2v) is 26.5. The predicted molar refractivity (Wildman–Crippen MR) is 413 cm³/mol. The van der Waals surface area contributed by atoms with Crippen LogP contribution in [0.3, 0.4) is 0 Å². The summed E-state index contributed by atoms with van der Waals surface area (Å²) in [7, 11) is 0. The molecule has 0 saturated heterocycles. The van der Waals surface area contributed by atoms with Crippen molar-refractivity contribution in [2.75, 3.05) is 0 Å². The standard InChI is InChI=1S/C52H37N.C42H33N/c1-2-53-49-24-14-13-19-43(49)48-34-39(29-30-50(48)53)37-25-27-38(28-26-37)51-44-20-9-11-22-46(44)52(47-23-12-10-21-45(47)51)42-32-40(35-15-5-3-6-16-35)31-41(33-42)36-17-7-4-8-18-36;1-42(2,3)43-38-20-12-11-15-32(38)37-27-31(25-26-39(37)43)28-21-23-30(24-22-28)41-35-18-9-7-16-33(35)40(29-13-5-4-6-14-29)34-17-8-10-19-36(34)41/h3-34H,2H2,1H3;4-27H,1-3H3. The molecule has 2 heteroatoms. The topological polar surface area (TPSA) is 9.86 Å². The van der Waals surface area contributed by atoms with E-state index >= 15 is 0 Å². The summed E-state index contributed by atoms with van der Waals surface area (Å²) in [6, 6.07) is 125. The number of rotatable bonds is 9. The molecule has 0 radical (unpaired) electrons. The maximum absolute atomic E-state index is 2.47. The summed E-state index contributed by atoms with van der Waals surface area (Å²) in [6.45, 7) is 10.0. The third-order valence-corrected chi connectivity index (χ3v) is 19.8. The van der Waals surface area contributed by atoms with E-state index in [9.17, 15) is 0 Å². The van der Waals surface area contributed by atoms with Crippen molar-refractivity contribution in [2.24, 2.45) is 0 Å². The summed E-state index contributed by atoms with van der Waals surface area (Å²) in [6.07, 6.45) is 0. The highest BCUT2D eigenvalue weighted by Gasteiger charge is 2.23. The van der Waals surface area contributed by atoms with Crippen LogP contribution in [0.1, 0.15) is 27.7 Å². The van der Waals surface area contributed by atoms with Gasteiger partial charge < -0.3 is 9.13 Å². The van der Waals surface area contributed by atoms with E-state index in [0.29, 0.717) is 0 Å². The molecular weight excluding hydrogens is 1160 g/mol. The van der Waals surface area contributed by atoms with Gasteiger partial charge in [-0.25, -0.2) is 0 Å². The van der Waals surface area contributed by atoms with Gasteiger partial charge in [0.1, 0.15) is 0 Å². The van der Waals surface area contributed by atoms with Gasteiger partial charge in [0.25, 0.3) is 0 Å². The molecule has 18 aromatic rings. The summed E-state index contributed by atoms with van der Waals surface area (Å²) in [5.41, 5.74) is 25.0. The van der Waals surface area contributed by atoms with E-state index < -0.39 is 0 Å². The zero-order chi connectivity index (χ0) is 64.4. The molecular formula is C94H70N2. The molecule has 96 heavy (non-hydrogen) atoms. The van der Waals surface area contributed by atoms with E-state index in [1.807, 2.05) is 0 Å². The number of fused-ring (bicyclic) bond motifs is 10. The second kappa shape index (κ2) is 23.9. The second-order valence-electron chi connectivity index (χ2n) is 26.5. The van der Waals surface area contributed by atoms with Crippen molar-refractivity contribution < 1.29 is 0 Å². The van der Waals surface area contributed by atoms with Gasteiger partial charge in [-0.15, -0.1) is 0 Å².